The van der Waals surface area contributed by atoms with Crippen LogP contribution in [0.2, 0.25) is 0 Å². The lowest BCUT2D eigenvalue weighted by Crippen LogP contribution is -2.14. The molecule has 1 aromatic heterocycles. The Hall–Kier alpha value is -0.840. The molecule has 0 spiro atoms. The third kappa shape index (κ3) is 3.19. The summed E-state index contributed by atoms with van der Waals surface area (Å²) in [6.07, 6.45) is 6.16. The molecule has 19 heavy (non-hydrogen) atoms. The van der Waals surface area contributed by atoms with Crippen LogP contribution in [-0.4, -0.2) is 23.0 Å². The fourth-order valence-electron chi connectivity index (χ4n) is 1.91. The van der Waals surface area contributed by atoms with Gasteiger partial charge in [0.25, 0.3) is 0 Å². The molecule has 0 unspecified atom stereocenters. The Morgan fingerprint density at radius 3 is 2.68 bits per heavy atom. The fourth-order valence-corrected chi connectivity index (χ4v) is 2.18. The van der Waals surface area contributed by atoms with E-state index in [0.717, 1.165) is 24.8 Å². The van der Waals surface area contributed by atoms with Crippen LogP contribution in [0, 0.1) is 0 Å². The molecule has 4 nitrogen and oxygen atoms in total. The average molecular weight is 322 g/mol. The van der Waals surface area contributed by atoms with Gasteiger partial charge in [0.2, 0.25) is 3.79 Å². The molecule has 0 aromatic carbocycles. The Bertz CT molecular complexity index is 538. The Balaban J connectivity index is 2.53. The van der Waals surface area contributed by atoms with E-state index in [-0.39, 0.29) is 11.4 Å². The lowest BCUT2D eigenvalue weighted by molar-refractivity contribution is 0.0599. The summed E-state index contributed by atoms with van der Waals surface area (Å²) in [6, 6.07) is 0. The van der Waals surface area contributed by atoms with Crippen molar-refractivity contribution in [3.8, 4) is 0 Å². The highest BCUT2D eigenvalue weighted by molar-refractivity contribution is 6.66. The van der Waals surface area contributed by atoms with Gasteiger partial charge in [-0.2, -0.15) is 0 Å². The zero-order valence-electron chi connectivity index (χ0n) is 10.1. The van der Waals surface area contributed by atoms with Crippen molar-refractivity contribution in [1.29, 1.82) is 0 Å². The maximum Gasteiger partial charge on any atom is 0.341 e. The summed E-state index contributed by atoms with van der Waals surface area (Å²) < 4.78 is 3.00. The number of nitrogens with zero attached hydrogens (tertiary/aromatic N) is 2. The third-order valence-corrected chi connectivity index (χ3v) is 3.30. The number of methoxy groups -OCH3 is 1. The molecule has 0 saturated heterocycles. The summed E-state index contributed by atoms with van der Waals surface area (Å²) in [6.45, 7) is 0. The highest BCUT2D eigenvalue weighted by Crippen LogP contribution is 2.37. The predicted octanol–water partition coefficient (Wildman–Crippen LogP) is 3.66. The van der Waals surface area contributed by atoms with E-state index in [1.54, 1.807) is 0 Å². The van der Waals surface area contributed by atoms with E-state index in [1.165, 1.54) is 13.3 Å². The second-order valence-corrected chi connectivity index (χ2v) is 6.35. The zero-order valence-corrected chi connectivity index (χ0v) is 12.4. The van der Waals surface area contributed by atoms with Crippen LogP contribution in [0.1, 0.15) is 41.1 Å². The number of aromatic nitrogens is 2. The molecule has 0 amide bonds. The van der Waals surface area contributed by atoms with Gasteiger partial charge in [-0.3, -0.25) is 0 Å². The molecule has 0 bridgehead atoms. The molecule has 0 N–H and O–H groups in total. The molecule has 102 valence electrons. The van der Waals surface area contributed by atoms with E-state index < -0.39 is 9.76 Å². The molecule has 0 fully saturated rings. The highest BCUT2D eigenvalue weighted by atomic mass is 35.6. The third-order valence-electron chi connectivity index (χ3n) is 2.79. The number of hydrogen-bond acceptors (Lipinski definition) is 4. The van der Waals surface area contributed by atoms with Gasteiger partial charge in [-0.15, -0.1) is 0 Å². The minimum Gasteiger partial charge on any atom is -0.465 e. The first-order valence-corrected chi connectivity index (χ1v) is 6.79. The van der Waals surface area contributed by atoms with Gasteiger partial charge in [-0.25, -0.2) is 14.8 Å². The number of carbonyl (C=O) groups excluding carboxylic acids is 1. The van der Waals surface area contributed by atoms with Crippen molar-refractivity contribution in [3.05, 3.63) is 29.4 Å². The fraction of sp³-hybridized carbons (Fsp3) is 0.417. The first-order valence-electron chi connectivity index (χ1n) is 5.65. The largest absolute Gasteiger partial charge is 0.465 e. The molecular formula is C12H11Cl3N2O2. The standard InChI is InChI=1S/C12H11Cl3N2O2/c1-19-10(18)8-6-16-11(12(13,14)15)17-9(8)7-4-2-3-5-7/h4,6H,2-3,5H2,1H3. The van der Waals surface area contributed by atoms with Crippen molar-refractivity contribution in [1.82, 2.24) is 9.97 Å². The van der Waals surface area contributed by atoms with Crippen LogP contribution in [0.5, 0.6) is 0 Å². The number of allylic oxidation sites excluding steroid dienone is 2. The lowest BCUT2D eigenvalue weighted by Gasteiger charge is -2.13. The number of esters is 1. The quantitative estimate of drug-likeness (QED) is 0.616. The van der Waals surface area contributed by atoms with E-state index >= 15 is 0 Å². The Morgan fingerprint density at radius 2 is 2.16 bits per heavy atom. The number of hydrogen-bond donors (Lipinski definition) is 0. The van der Waals surface area contributed by atoms with Gasteiger partial charge >= 0.3 is 5.97 Å². The van der Waals surface area contributed by atoms with Crippen LogP contribution in [0.4, 0.5) is 0 Å². The van der Waals surface area contributed by atoms with E-state index in [4.69, 9.17) is 39.5 Å². The second kappa shape index (κ2) is 5.65. The maximum atomic E-state index is 11.7. The first-order chi connectivity index (χ1) is 8.93. The summed E-state index contributed by atoms with van der Waals surface area (Å²) in [5.41, 5.74) is 1.73. The van der Waals surface area contributed by atoms with Gasteiger partial charge in [0, 0.05) is 6.20 Å². The molecule has 0 aliphatic heterocycles. The van der Waals surface area contributed by atoms with E-state index in [2.05, 4.69) is 9.97 Å². The first kappa shape index (κ1) is 14.6. The highest BCUT2D eigenvalue weighted by Gasteiger charge is 2.29. The van der Waals surface area contributed by atoms with Crippen LogP contribution in [0.25, 0.3) is 5.57 Å². The predicted molar refractivity (Wildman–Crippen MR) is 74.4 cm³/mol. The van der Waals surface area contributed by atoms with Gasteiger partial charge in [0.15, 0.2) is 5.82 Å². The van der Waals surface area contributed by atoms with Crippen LogP contribution in [0.15, 0.2) is 12.3 Å². The number of ether oxygens (including phenoxy) is 1. The summed E-state index contributed by atoms with van der Waals surface area (Å²) >= 11 is 17.3. The van der Waals surface area contributed by atoms with E-state index in [0.29, 0.717) is 5.69 Å². The molecule has 0 radical (unpaired) electrons. The molecular weight excluding hydrogens is 311 g/mol. The van der Waals surface area contributed by atoms with Crippen molar-refractivity contribution < 1.29 is 9.53 Å². The topological polar surface area (TPSA) is 52.1 Å². The number of halogens is 3. The van der Waals surface area contributed by atoms with Crippen molar-refractivity contribution in [2.45, 2.75) is 23.1 Å². The Kier molecular flexibility index (Phi) is 4.33. The molecule has 1 heterocycles. The second-order valence-electron chi connectivity index (χ2n) is 4.07. The minimum absolute atomic E-state index is 0.0490. The Labute approximate surface area is 125 Å². The number of alkyl halides is 3. The monoisotopic (exact) mass is 320 g/mol. The van der Waals surface area contributed by atoms with Crippen molar-refractivity contribution in [2.24, 2.45) is 0 Å². The maximum absolute atomic E-state index is 11.7. The van der Waals surface area contributed by atoms with E-state index in [9.17, 15) is 4.79 Å². The van der Waals surface area contributed by atoms with E-state index in [1.807, 2.05) is 6.08 Å². The minimum atomic E-state index is -1.72. The zero-order chi connectivity index (χ0) is 14.0. The van der Waals surface area contributed by atoms with Gasteiger partial charge in [-0.05, 0) is 24.8 Å². The Morgan fingerprint density at radius 1 is 1.42 bits per heavy atom. The summed E-state index contributed by atoms with van der Waals surface area (Å²) in [5.74, 6) is -0.452. The average Bonchev–Trinajstić information content (AvgIpc) is 2.89. The molecule has 0 saturated carbocycles. The summed E-state index contributed by atoms with van der Waals surface area (Å²) in [4.78, 5) is 19.9. The summed E-state index contributed by atoms with van der Waals surface area (Å²) in [5, 5.41) is 0. The van der Waals surface area contributed by atoms with Crippen molar-refractivity contribution in [2.75, 3.05) is 7.11 Å². The lowest BCUT2D eigenvalue weighted by atomic mass is 10.1. The molecule has 1 aromatic rings. The molecule has 0 atom stereocenters. The van der Waals surface area contributed by atoms with Gasteiger partial charge in [-0.1, -0.05) is 40.9 Å². The van der Waals surface area contributed by atoms with Crippen LogP contribution in [-0.2, 0) is 8.53 Å². The van der Waals surface area contributed by atoms with Crippen LogP contribution >= 0.6 is 34.8 Å². The molecule has 1 aliphatic carbocycles. The molecule has 1 aliphatic rings. The van der Waals surface area contributed by atoms with Gasteiger partial charge < -0.3 is 4.74 Å². The number of carbonyl (C=O) groups is 1. The van der Waals surface area contributed by atoms with Crippen LogP contribution in [0.3, 0.4) is 0 Å². The van der Waals surface area contributed by atoms with Crippen molar-refractivity contribution in [3.63, 3.8) is 0 Å². The van der Waals surface area contributed by atoms with Gasteiger partial charge in [0.1, 0.15) is 5.56 Å². The summed E-state index contributed by atoms with van der Waals surface area (Å²) in [7, 11) is 1.30. The van der Waals surface area contributed by atoms with Gasteiger partial charge in [0.05, 0.1) is 12.8 Å². The SMILES string of the molecule is COC(=O)c1cnc(C(Cl)(Cl)Cl)nc1C1=CCCC1. The van der Waals surface area contributed by atoms with Crippen molar-refractivity contribution >= 4 is 46.3 Å². The normalized spacial score (nSPS) is 15.3. The number of rotatable bonds is 2. The van der Waals surface area contributed by atoms with Crippen LogP contribution < -0.4 is 0 Å². The molecule has 7 heteroatoms. The molecule has 2 rings (SSSR count). The smallest absolute Gasteiger partial charge is 0.341 e.